The fourth-order valence-electron chi connectivity index (χ4n) is 5.03. The highest BCUT2D eigenvalue weighted by Gasteiger charge is 2.58. The van der Waals surface area contributed by atoms with Crippen molar-refractivity contribution < 1.29 is 14.4 Å². The average molecular weight is 515 g/mol. The minimum atomic E-state index is -0.150. The van der Waals surface area contributed by atoms with Gasteiger partial charge in [0, 0.05) is 32.7 Å². The van der Waals surface area contributed by atoms with Crippen LogP contribution in [-0.4, -0.2) is 72.7 Å². The van der Waals surface area contributed by atoms with E-state index in [2.05, 4.69) is 27.8 Å². The quantitative estimate of drug-likeness (QED) is 0.178. The van der Waals surface area contributed by atoms with Crippen LogP contribution in [0.5, 0.6) is 0 Å². The Kier molecular flexibility index (Phi) is 7.18. The number of guanidine groups is 1. The van der Waals surface area contributed by atoms with Gasteiger partial charge in [-0.1, -0.05) is 12.2 Å². The van der Waals surface area contributed by atoms with E-state index in [-0.39, 0.29) is 71.9 Å². The van der Waals surface area contributed by atoms with Crippen LogP contribution in [0.25, 0.3) is 0 Å². The summed E-state index contributed by atoms with van der Waals surface area (Å²) in [7, 11) is 0. The molecule has 2 saturated heterocycles. The predicted molar refractivity (Wildman–Crippen MR) is 120 cm³/mol. The number of carbonyl (C=O) groups is 3. The second-order valence-corrected chi connectivity index (χ2v) is 8.04. The first kappa shape index (κ1) is 22.0. The zero-order chi connectivity index (χ0) is 19.7. The number of aliphatic imine (C=N–C) groups is 1. The molecule has 8 nitrogen and oxygen atoms in total. The van der Waals surface area contributed by atoms with Crippen LogP contribution in [0.3, 0.4) is 0 Å². The largest absolute Gasteiger partial charge is 0.357 e. The van der Waals surface area contributed by atoms with Gasteiger partial charge in [0.2, 0.25) is 17.7 Å². The van der Waals surface area contributed by atoms with E-state index in [1.54, 1.807) is 0 Å². The van der Waals surface area contributed by atoms with Crippen LogP contribution in [0.4, 0.5) is 0 Å². The lowest BCUT2D eigenvalue weighted by Gasteiger charge is -2.19. The van der Waals surface area contributed by atoms with Crippen LogP contribution >= 0.6 is 24.0 Å². The first-order valence-electron chi connectivity index (χ1n) is 10.4. The number of rotatable bonds is 6. The van der Waals surface area contributed by atoms with Crippen molar-refractivity contribution in [3.8, 4) is 0 Å². The van der Waals surface area contributed by atoms with Gasteiger partial charge in [-0.3, -0.25) is 19.3 Å². The summed E-state index contributed by atoms with van der Waals surface area (Å²) in [5.41, 5.74) is 0. The second-order valence-electron chi connectivity index (χ2n) is 8.04. The second kappa shape index (κ2) is 9.44. The van der Waals surface area contributed by atoms with Gasteiger partial charge in [0.1, 0.15) is 6.54 Å². The van der Waals surface area contributed by atoms with E-state index in [4.69, 9.17) is 0 Å². The molecule has 29 heavy (non-hydrogen) atoms. The Morgan fingerprint density at radius 3 is 2.31 bits per heavy atom. The molecule has 2 heterocycles. The lowest BCUT2D eigenvalue weighted by Crippen LogP contribution is -2.44. The molecule has 0 radical (unpaired) electrons. The zero-order valence-corrected chi connectivity index (χ0v) is 19.1. The predicted octanol–water partition coefficient (Wildman–Crippen LogP) is 0.589. The third kappa shape index (κ3) is 4.29. The topological polar surface area (TPSA) is 94.1 Å². The van der Waals surface area contributed by atoms with Crippen molar-refractivity contribution in [1.29, 1.82) is 0 Å². The van der Waals surface area contributed by atoms with E-state index in [0.29, 0.717) is 25.6 Å². The molecule has 0 aromatic carbocycles. The standard InChI is InChI=1S/C20H29N5O3.HI/c1-2-21-20(23-12-15(26)24-8-3-4-9-24)22-7-10-25-18(27)16-13-5-6-14(11-13)17(16)19(25)28;/h5-6,13-14,16-17H,2-4,7-12H2,1H3,(H2,21,22,23);1H. The number of hydrogen-bond donors (Lipinski definition) is 2. The Balaban J connectivity index is 0.00000240. The van der Waals surface area contributed by atoms with Crippen LogP contribution in [-0.2, 0) is 14.4 Å². The highest BCUT2D eigenvalue weighted by molar-refractivity contribution is 14.0. The molecule has 0 aromatic rings. The van der Waals surface area contributed by atoms with Gasteiger partial charge in [-0.2, -0.15) is 0 Å². The van der Waals surface area contributed by atoms with Gasteiger partial charge in [-0.25, -0.2) is 4.99 Å². The SMILES string of the molecule is CCNC(=NCC(=O)N1CCCC1)NCCN1C(=O)C2C3C=CC(C3)C2C1=O.I. The van der Waals surface area contributed by atoms with E-state index >= 15 is 0 Å². The normalized spacial score (nSPS) is 30.0. The summed E-state index contributed by atoms with van der Waals surface area (Å²) >= 11 is 0. The molecule has 9 heteroatoms. The van der Waals surface area contributed by atoms with E-state index in [9.17, 15) is 14.4 Å². The van der Waals surface area contributed by atoms with Crippen molar-refractivity contribution in [3.05, 3.63) is 12.2 Å². The Morgan fingerprint density at radius 1 is 1.10 bits per heavy atom. The van der Waals surface area contributed by atoms with Crippen LogP contribution in [0.1, 0.15) is 26.2 Å². The highest BCUT2D eigenvalue weighted by atomic mass is 127. The zero-order valence-electron chi connectivity index (χ0n) is 16.8. The van der Waals surface area contributed by atoms with Crippen molar-refractivity contribution in [2.24, 2.45) is 28.7 Å². The minimum Gasteiger partial charge on any atom is -0.357 e. The summed E-state index contributed by atoms with van der Waals surface area (Å²) in [4.78, 5) is 45.2. The monoisotopic (exact) mass is 515 g/mol. The summed E-state index contributed by atoms with van der Waals surface area (Å²) in [5, 5.41) is 6.25. The average Bonchev–Trinajstić information content (AvgIpc) is 3.46. The molecule has 160 valence electrons. The molecule has 2 aliphatic heterocycles. The summed E-state index contributed by atoms with van der Waals surface area (Å²) in [5.74, 6) is 0.691. The van der Waals surface area contributed by atoms with Crippen molar-refractivity contribution in [3.63, 3.8) is 0 Å². The first-order valence-corrected chi connectivity index (χ1v) is 10.4. The number of imide groups is 1. The van der Waals surface area contributed by atoms with Crippen LogP contribution < -0.4 is 10.6 Å². The molecule has 4 aliphatic rings. The maximum absolute atomic E-state index is 12.7. The Morgan fingerprint density at radius 2 is 1.72 bits per heavy atom. The van der Waals surface area contributed by atoms with E-state index in [0.717, 1.165) is 32.4 Å². The number of nitrogens with zero attached hydrogens (tertiary/aromatic N) is 3. The molecule has 1 saturated carbocycles. The van der Waals surface area contributed by atoms with E-state index in [1.807, 2.05) is 11.8 Å². The van der Waals surface area contributed by atoms with Gasteiger partial charge in [0.05, 0.1) is 11.8 Å². The molecular formula is C20H30IN5O3. The van der Waals surface area contributed by atoms with Crippen LogP contribution in [0.2, 0.25) is 0 Å². The van der Waals surface area contributed by atoms with Gasteiger partial charge in [0.15, 0.2) is 5.96 Å². The summed E-state index contributed by atoms with van der Waals surface area (Å²) < 4.78 is 0. The van der Waals surface area contributed by atoms with Crippen LogP contribution in [0.15, 0.2) is 17.1 Å². The van der Waals surface area contributed by atoms with Gasteiger partial charge < -0.3 is 15.5 Å². The van der Waals surface area contributed by atoms with Crippen molar-refractivity contribution in [1.82, 2.24) is 20.4 Å². The van der Waals surface area contributed by atoms with Gasteiger partial charge in [0.25, 0.3) is 0 Å². The number of fused-ring (bicyclic) bond motifs is 5. The summed E-state index contributed by atoms with van der Waals surface area (Å²) in [6.07, 6.45) is 7.27. The third-order valence-electron chi connectivity index (χ3n) is 6.36. The molecule has 2 bridgehead atoms. The molecule has 3 amide bonds. The maximum atomic E-state index is 12.7. The molecule has 4 rings (SSSR count). The smallest absolute Gasteiger partial charge is 0.244 e. The molecule has 0 aromatic heterocycles. The molecule has 4 unspecified atom stereocenters. The lowest BCUT2D eigenvalue weighted by atomic mass is 9.85. The number of amides is 3. The fraction of sp³-hybridized carbons (Fsp3) is 0.700. The number of allylic oxidation sites excluding steroid dienone is 2. The van der Waals surface area contributed by atoms with E-state index < -0.39 is 0 Å². The first-order chi connectivity index (χ1) is 13.6. The Labute approximate surface area is 188 Å². The summed E-state index contributed by atoms with van der Waals surface area (Å²) in [6.45, 7) is 5.11. The van der Waals surface area contributed by atoms with Crippen LogP contribution in [0, 0.1) is 23.7 Å². The third-order valence-corrected chi connectivity index (χ3v) is 6.36. The van der Waals surface area contributed by atoms with E-state index in [1.165, 1.54) is 4.90 Å². The number of hydrogen-bond acceptors (Lipinski definition) is 4. The van der Waals surface area contributed by atoms with Crippen molar-refractivity contribution in [2.45, 2.75) is 26.2 Å². The molecule has 3 fully saturated rings. The maximum Gasteiger partial charge on any atom is 0.244 e. The number of nitrogens with one attached hydrogen (secondary N) is 2. The number of likely N-dealkylation sites (tertiary alicyclic amines) is 2. The Hall–Kier alpha value is -1.65. The van der Waals surface area contributed by atoms with Gasteiger partial charge in [-0.05, 0) is 38.0 Å². The molecule has 4 atom stereocenters. The molecule has 2 aliphatic carbocycles. The van der Waals surface area contributed by atoms with Gasteiger partial charge >= 0.3 is 0 Å². The van der Waals surface area contributed by atoms with Crippen molar-refractivity contribution in [2.75, 3.05) is 39.3 Å². The van der Waals surface area contributed by atoms with Crippen molar-refractivity contribution >= 4 is 47.7 Å². The molecule has 0 spiro atoms. The highest BCUT2D eigenvalue weighted by Crippen LogP contribution is 2.52. The minimum absolute atomic E-state index is 0. The van der Waals surface area contributed by atoms with Gasteiger partial charge in [-0.15, -0.1) is 24.0 Å². The lowest BCUT2D eigenvalue weighted by molar-refractivity contribution is -0.140. The fourth-order valence-corrected chi connectivity index (χ4v) is 5.03. The number of carbonyl (C=O) groups excluding carboxylic acids is 3. The Bertz CT molecular complexity index is 689. The molecule has 2 N–H and O–H groups in total. The number of halogens is 1. The summed E-state index contributed by atoms with van der Waals surface area (Å²) in [6, 6.07) is 0. The molecular weight excluding hydrogens is 485 g/mol.